The van der Waals surface area contributed by atoms with E-state index < -0.39 is 22.8 Å². The Morgan fingerprint density at radius 3 is 2.47 bits per heavy atom. The van der Waals surface area contributed by atoms with Crippen LogP contribution in [0.25, 0.3) is 0 Å². The molecular formula is C9H13F3O2S. The zero-order valence-corrected chi connectivity index (χ0v) is 9.16. The Balaban J connectivity index is 2.53. The van der Waals surface area contributed by atoms with Crippen molar-refractivity contribution in [1.82, 2.24) is 0 Å². The highest BCUT2D eigenvalue weighted by atomic mass is 32.2. The molecule has 0 aromatic heterocycles. The summed E-state index contributed by atoms with van der Waals surface area (Å²) in [5.41, 5.74) is -4.25. The number of carbonyl (C=O) groups excluding carboxylic acids is 1. The summed E-state index contributed by atoms with van der Waals surface area (Å²) < 4.78 is 41.4. The van der Waals surface area contributed by atoms with Crippen molar-refractivity contribution in [2.75, 3.05) is 0 Å². The largest absolute Gasteiger partial charge is 0.461 e. The maximum absolute atomic E-state index is 12.2. The summed E-state index contributed by atoms with van der Waals surface area (Å²) in [4.78, 5) is 10.7. The minimum absolute atomic E-state index is 0.0494. The minimum atomic E-state index is -4.25. The van der Waals surface area contributed by atoms with E-state index in [1.54, 1.807) is 0 Å². The molecule has 0 saturated heterocycles. The van der Waals surface area contributed by atoms with Gasteiger partial charge >= 0.3 is 11.5 Å². The lowest BCUT2D eigenvalue weighted by molar-refractivity contribution is -0.147. The number of hydrogen-bond donors (Lipinski definition) is 0. The van der Waals surface area contributed by atoms with Crippen LogP contribution in [0.1, 0.15) is 32.6 Å². The third-order valence-corrected chi connectivity index (χ3v) is 3.35. The van der Waals surface area contributed by atoms with Crippen LogP contribution in [0.3, 0.4) is 0 Å². The minimum Gasteiger partial charge on any atom is -0.461 e. The molecule has 2 nitrogen and oxygen atoms in total. The van der Waals surface area contributed by atoms with Crippen LogP contribution in [-0.4, -0.2) is 22.8 Å². The van der Waals surface area contributed by atoms with Gasteiger partial charge in [0.15, 0.2) is 0 Å². The zero-order valence-electron chi connectivity index (χ0n) is 8.34. The fourth-order valence-corrected chi connectivity index (χ4v) is 2.69. The normalized spacial score (nSPS) is 27.5. The van der Waals surface area contributed by atoms with Crippen molar-refractivity contribution >= 4 is 17.7 Å². The van der Waals surface area contributed by atoms with Gasteiger partial charge in [-0.1, -0.05) is 6.42 Å². The van der Waals surface area contributed by atoms with E-state index in [2.05, 4.69) is 0 Å². The molecule has 88 valence electrons. The molecule has 2 atom stereocenters. The van der Waals surface area contributed by atoms with E-state index >= 15 is 0 Å². The van der Waals surface area contributed by atoms with E-state index in [9.17, 15) is 18.0 Å². The average Bonchev–Trinajstić information content (AvgIpc) is 2.05. The molecular weight excluding hydrogens is 229 g/mol. The molecule has 0 aromatic carbocycles. The van der Waals surface area contributed by atoms with Crippen molar-refractivity contribution < 1.29 is 22.7 Å². The highest BCUT2D eigenvalue weighted by Crippen LogP contribution is 2.40. The summed E-state index contributed by atoms with van der Waals surface area (Å²) in [7, 11) is 0. The van der Waals surface area contributed by atoms with Crippen LogP contribution < -0.4 is 0 Å². The van der Waals surface area contributed by atoms with Gasteiger partial charge in [-0.3, -0.25) is 4.79 Å². The Morgan fingerprint density at radius 2 is 1.93 bits per heavy atom. The first-order valence-corrected chi connectivity index (χ1v) is 5.68. The molecule has 1 saturated carbocycles. The van der Waals surface area contributed by atoms with Crippen molar-refractivity contribution in [3.63, 3.8) is 0 Å². The van der Waals surface area contributed by atoms with Crippen molar-refractivity contribution in [3.8, 4) is 0 Å². The van der Waals surface area contributed by atoms with E-state index in [1.165, 1.54) is 6.92 Å². The van der Waals surface area contributed by atoms with Gasteiger partial charge in [0.1, 0.15) is 6.10 Å². The molecule has 0 aliphatic heterocycles. The number of hydrogen-bond acceptors (Lipinski definition) is 3. The number of alkyl halides is 3. The first-order chi connectivity index (χ1) is 6.88. The second-order valence-corrected chi connectivity index (χ2v) is 4.84. The summed E-state index contributed by atoms with van der Waals surface area (Å²) in [5, 5.41) is -0.636. The maximum atomic E-state index is 12.2. The maximum Gasteiger partial charge on any atom is 0.442 e. The number of carbonyl (C=O) groups is 1. The number of halogens is 3. The van der Waals surface area contributed by atoms with E-state index in [1.807, 2.05) is 0 Å². The molecule has 1 aliphatic carbocycles. The highest BCUT2D eigenvalue weighted by molar-refractivity contribution is 8.00. The molecule has 0 heterocycles. The van der Waals surface area contributed by atoms with Crippen molar-refractivity contribution in [2.45, 2.75) is 49.5 Å². The topological polar surface area (TPSA) is 26.3 Å². The van der Waals surface area contributed by atoms with E-state index in [0.29, 0.717) is 12.8 Å². The second-order valence-electron chi connectivity index (χ2n) is 3.53. The van der Waals surface area contributed by atoms with Crippen LogP contribution in [0.5, 0.6) is 0 Å². The van der Waals surface area contributed by atoms with Crippen LogP contribution in [-0.2, 0) is 9.53 Å². The third-order valence-electron chi connectivity index (χ3n) is 2.24. The monoisotopic (exact) mass is 242 g/mol. The predicted octanol–water partition coefficient (Wildman–Crippen LogP) is 3.11. The second kappa shape index (κ2) is 5.09. The number of thioether (sulfide) groups is 1. The zero-order chi connectivity index (χ0) is 11.5. The quantitative estimate of drug-likeness (QED) is 0.696. The number of esters is 1. The molecule has 0 N–H and O–H groups in total. The number of ether oxygens (including phenoxy) is 1. The van der Waals surface area contributed by atoms with Crippen LogP contribution in [0.15, 0.2) is 0 Å². The van der Waals surface area contributed by atoms with Crippen LogP contribution in [0.4, 0.5) is 13.2 Å². The van der Waals surface area contributed by atoms with E-state index in [0.717, 1.165) is 12.8 Å². The fraction of sp³-hybridized carbons (Fsp3) is 0.889. The first kappa shape index (κ1) is 12.7. The van der Waals surface area contributed by atoms with Gasteiger partial charge in [0.05, 0.1) is 5.25 Å². The summed E-state index contributed by atoms with van der Waals surface area (Å²) in [6.45, 7) is 1.23. The first-order valence-electron chi connectivity index (χ1n) is 4.80. The Labute approximate surface area is 90.5 Å². The van der Waals surface area contributed by atoms with Crippen LogP contribution in [0.2, 0.25) is 0 Å². The predicted molar refractivity (Wildman–Crippen MR) is 51.5 cm³/mol. The molecule has 0 unspecified atom stereocenters. The molecule has 0 spiro atoms. The summed E-state index contributed by atoms with van der Waals surface area (Å²) in [6.07, 6.45) is 2.01. The van der Waals surface area contributed by atoms with Crippen LogP contribution >= 0.6 is 11.8 Å². The smallest absolute Gasteiger partial charge is 0.442 e. The average molecular weight is 242 g/mol. The summed E-state index contributed by atoms with van der Waals surface area (Å²) in [6, 6.07) is 0. The third kappa shape index (κ3) is 4.77. The molecule has 0 amide bonds. The Morgan fingerprint density at radius 1 is 1.33 bits per heavy atom. The van der Waals surface area contributed by atoms with Gasteiger partial charge in [-0.15, -0.1) is 0 Å². The molecule has 0 aromatic rings. The SMILES string of the molecule is CC(=O)O[C@@H]1CCCC[C@H]1SC(F)(F)F. The Bertz CT molecular complexity index is 230. The molecule has 0 radical (unpaired) electrons. The molecule has 1 fully saturated rings. The lowest BCUT2D eigenvalue weighted by Gasteiger charge is -2.30. The van der Waals surface area contributed by atoms with Crippen molar-refractivity contribution in [2.24, 2.45) is 0 Å². The summed E-state index contributed by atoms with van der Waals surface area (Å²) >= 11 is -0.0494. The lowest BCUT2D eigenvalue weighted by atomic mass is 9.97. The van der Waals surface area contributed by atoms with Gasteiger partial charge in [0, 0.05) is 6.92 Å². The highest BCUT2D eigenvalue weighted by Gasteiger charge is 2.38. The standard InChI is InChI=1S/C9H13F3O2S/c1-6(13)14-7-4-2-3-5-8(7)15-9(10,11)12/h7-8H,2-5H2,1H3/t7-,8-/m1/s1. The number of rotatable bonds is 2. The molecule has 0 bridgehead atoms. The molecule has 15 heavy (non-hydrogen) atoms. The van der Waals surface area contributed by atoms with Gasteiger partial charge in [-0.2, -0.15) is 13.2 Å². The van der Waals surface area contributed by atoms with Crippen LogP contribution in [0, 0.1) is 0 Å². The Kier molecular flexibility index (Phi) is 4.31. The molecule has 1 rings (SSSR count). The van der Waals surface area contributed by atoms with Gasteiger partial charge in [0.2, 0.25) is 0 Å². The van der Waals surface area contributed by atoms with Gasteiger partial charge < -0.3 is 4.74 Å². The van der Waals surface area contributed by atoms with Crippen molar-refractivity contribution in [3.05, 3.63) is 0 Å². The van der Waals surface area contributed by atoms with Crippen molar-refractivity contribution in [1.29, 1.82) is 0 Å². The Hall–Kier alpha value is -0.390. The van der Waals surface area contributed by atoms with Gasteiger partial charge in [-0.05, 0) is 31.0 Å². The van der Waals surface area contributed by atoms with Gasteiger partial charge in [-0.25, -0.2) is 0 Å². The van der Waals surface area contributed by atoms with Gasteiger partial charge in [0.25, 0.3) is 0 Å². The molecule has 1 aliphatic rings. The molecule has 6 heteroatoms. The van der Waals surface area contributed by atoms with E-state index in [4.69, 9.17) is 4.74 Å². The van der Waals surface area contributed by atoms with E-state index in [-0.39, 0.29) is 11.8 Å². The lowest BCUT2D eigenvalue weighted by Crippen LogP contribution is -2.33. The fourth-order valence-electron chi connectivity index (χ4n) is 1.72. The summed E-state index contributed by atoms with van der Waals surface area (Å²) in [5.74, 6) is -0.505.